The molecule has 0 bridgehead atoms. The number of hydrogen-bond donors (Lipinski definition) is 0. The standard InChI is InChI=1S/C20H18FN5O5/c1-11(2)25-18(27)16-17(26(20(25)29)13-6-4-12(21)5-7-13)22-10-24(16)8-15-23-14(9-31-15)19(28)30-3/h4-7,9-11H,8H2,1-3H3. The second-order valence-electron chi connectivity index (χ2n) is 7.03. The first-order chi connectivity index (χ1) is 14.8. The summed E-state index contributed by atoms with van der Waals surface area (Å²) in [6, 6.07) is 4.86. The SMILES string of the molecule is COC(=O)c1coc(Cn2cnc3c2c(=O)n(C(C)C)c(=O)n3-c2ccc(F)cc2)n1. The Balaban J connectivity index is 1.92. The minimum absolute atomic E-state index is 0.00951. The summed E-state index contributed by atoms with van der Waals surface area (Å²) in [5.41, 5.74) is -0.530. The van der Waals surface area contributed by atoms with E-state index in [1.54, 1.807) is 13.8 Å². The lowest BCUT2D eigenvalue weighted by Crippen LogP contribution is -2.41. The average molecular weight is 427 g/mol. The zero-order chi connectivity index (χ0) is 22.3. The van der Waals surface area contributed by atoms with Gasteiger partial charge in [-0.15, -0.1) is 0 Å². The van der Waals surface area contributed by atoms with E-state index >= 15 is 0 Å². The van der Waals surface area contributed by atoms with Crippen molar-refractivity contribution in [3.05, 3.63) is 75.1 Å². The van der Waals surface area contributed by atoms with Crippen molar-refractivity contribution in [2.75, 3.05) is 7.11 Å². The Labute approximate surface area is 174 Å². The van der Waals surface area contributed by atoms with Crippen LogP contribution in [0.1, 0.15) is 36.3 Å². The van der Waals surface area contributed by atoms with Crippen LogP contribution in [0, 0.1) is 5.82 Å². The van der Waals surface area contributed by atoms with E-state index in [1.807, 2.05) is 0 Å². The van der Waals surface area contributed by atoms with Crippen molar-refractivity contribution < 1.29 is 18.3 Å². The van der Waals surface area contributed by atoms with Crippen LogP contribution in [0.2, 0.25) is 0 Å². The van der Waals surface area contributed by atoms with E-state index in [1.165, 1.54) is 46.8 Å². The summed E-state index contributed by atoms with van der Waals surface area (Å²) in [5, 5.41) is 0. The molecule has 0 N–H and O–H groups in total. The van der Waals surface area contributed by atoms with Crippen LogP contribution in [0.5, 0.6) is 0 Å². The van der Waals surface area contributed by atoms with Gasteiger partial charge in [-0.2, -0.15) is 0 Å². The van der Waals surface area contributed by atoms with E-state index < -0.39 is 29.1 Å². The van der Waals surface area contributed by atoms with Crippen LogP contribution in [0.3, 0.4) is 0 Å². The monoisotopic (exact) mass is 427 g/mol. The number of fused-ring (bicyclic) bond motifs is 1. The maximum atomic E-state index is 13.4. The van der Waals surface area contributed by atoms with Gasteiger partial charge in [-0.1, -0.05) is 0 Å². The normalized spacial score (nSPS) is 11.4. The number of esters is 1. The molecule has 0 aliphatic carbocycles. The van der Waals surface area contributed by atoms with Crippen LogP contribution in [-0.2, 0) is 11.3 Å². The Bertz CT molecular complexity index is 1390. The molecule has 31 heavy (non-hydrogen) atoms. The van der Waals surface area contributed by atoms with Crippen molar-refractivity contribution >= 4 is 17.1 Å². The topological polar surface area (TPSA) is 114 Å². The molecule has 0 saturated carbocycles. The van der Waals surface area contributed by atoms with Gasteiger partial charge in [-0.25, -0.2) is 28.5 Å². The van der Waals surface area contributed by atoms with Crippen molar-refractivity contribution in [3.8, 4) is 5.69 Å². The lowest BCUT2D eigenvalue weighted by molar-refractivity contribution is 0.0594. The molecule has 3 heterocycles. The molecule has 1 aromatic carbocycles. The third-order valence-corrected chi connectivity index (χ3v) is 4.70. The number of hydrogen-bond acceptors (Lipinski definition) is 7. The van der Waals surface area contributed by atoms with Gasteiger partial charge in [-0.3, -0.25) is 9.36 Å². The number of halogens is 1. The quantitative estimate of drug-likeness (QED) is 0.447. The molecule has 0 atom stereocenters. The predicted octanol–water partition coefficient (Wildman–Crippen LogP) is 1.89. The molecule has 0 saturated heterocycles. The Kier molecular flexibility index (Phi) is 5.01. The van der Waals surface area contributed by atoms with Crippen molar-refractivity contribution in [2.24, 2.45) is 0 Å². The summed E-state index contributed by atoms with van der Waals surface area (Å²) in [7, 11) is 1.23. The fourth-order valence-electron chi connectivity index (χ4n) is 3.28. The fraction of sp³-hybridized carbons (Fsp3) is 0.250. The highest BCUT2D eigenvalue weighted by Crippen LogP contribution is 2.16. The second kappa shape index (κ2) is 7.67. The van der Waals surface area contributed by atoms with Gasteiger partial charge in [0.05, 0.1) is 19.1 Å². The first-order valence-corrected chi connectivity index (χ1v) is 9.33. The molecule has 3 aromatic heterocycles. The molecule has 0 fully saturated rings. The lowest BCUT2D eigenvalue weighted by atomic mass is 10.3. The Morgan fingerprint density at radius 1 is 1.23 bits per heavy atom. The van der Waals surface area contributed by atoms with Gasteiger partial charge in [0, 0.05) is 6.04 Å². The minimum Gasteiger partial charge on any atom is -0.464 e. The Morgan fingerprint density at radius 2 is 1.94 bits per heavy atom. The zero-order valence-electron chi connectivity index (χ0n) is 16.9. The van der Waals surface area contributed by atoms with E-state index in [2.05, 4.69) is 14.7 Å². The number of methoxy groups -OCH3 is 1. The van der Waals surface area contributed by atoms with Crippen LogP contribution >= 0.6 is 0 Å². The number of imidazole rings is 1. The smallest absolute Gasteiger partial charge is 0.360 e. The van der Waals surface area contributed by atoms with Gasteiger partial charge in [0.1, 0.15) is 18.6 Å². The lowest BCUT2D eigenvalue weighted by Gasteiger charge is -2.14. The van der Waals surface area contributed by atoms with Gasteiger partial charge >= 0.3 is 11.7 Å². The number of rotatable bonds is 5. The van der Waals surface area contributed by atoms with Crippen LogP contribution in [0.25, 0.3) is 16.9 Å². The number of aromatic nitrogens is 5. The van der Waals surface area contributed by atoms with Gasteiger partial charge < -0.3 is 13.7 Å². The highest BCUT2D eigenvalue weighted by atomic mass is 19.1. The molecule has 11 heteroatoms. The summed E-state index contributed by atoms with van der Waals surface area (Å²) >= 11 is 0. The van der Waals surface area contributed by atoms with Crippen LogP contribution < -0.4 is 11.2 Å². The van der Waals surface area contributed by atoms with Gasteiger partial charge in [0.25, 0.3) is 5.56 Å². The van der Waals surface area contributed by atoms with Crippen LogP contribution in [0.15, 0.2) is 50.9 Å². The number of carbonyl (C=O) groups excluding carboxylic acids is 1. The van der Waals surface area contributed by atoms with Crippen molar-refractivity contribution in [3.63, 3.8) is 0 Å². The van der Waals surface area contributed by atoms with Gasteiger partial charge in [0.15, 0.2) is 16.9 Å². The van der Waals surface area contributed by atoms with Crippen LogP contribution in [0.4, 0.5) is 4.39 Å². The number of carbonyl (C=O) groups is 1. The summed E-state index contributed by atoms with van der Waals surface area (Å²) in [4.78, 5) is 46.2. The fourth-order valence-corrected chi connectivity index (χ4v) is 3.28. The van der Waals surface area contributed by atoms with E-state index in [4.69, 9.17) is 4.42 Å². The molecular weight excluding hydrogens is 409 g/mol. The van der Waals surface area contributed by atoms with Crippen molar-refractivity contribution in [1.82, 2.24) is 23.7 Å². The van der Waals surface area contributed by atoms with E-state index in [-0.39, 0.29) is 29.3 Å². The van der Waals surface area contributed by atoms with Crippen molar-refractivity contribution in [2.45, 2.75) is 26.4 Å². The summed E-state index contributed by atoms with van der Waals surface area (Å²) in [6.45, 7) is 3.41. The second-order valence-corrected chi connectivity index (χ2v) is 7.03. The van der Waals surface area contributed by atoms with Gasteiger partial charge in [0.2, 0.25) is 5.89 Å². The zero-order valence-corrected chi connectivity index (χ0v) is 16.9. The third kappa shape index (κ3) is 3.43. The molecule has 160 valence electrons. The van der Waals surface area contributed by atoms with Crippen molar-refractivity contribution in [1.29, 1.82) is 0 Å². The minimum atomic E-state index is -0.655. The molecule has 0 unspecified atom stereocenters. The maximum absolute atomic E-state index is 13.4. The van der Waals surface area contributed by atoms with Crippen LogP contribution in [-0.4, -0.2) is 36.7 Å². The third-order valence-electron chi connectivity index (χ3n) is 4.70. The Hall–Kier alpha value is -4.02. The van der Waals surface area contributed by atoms with E-state index in [0.29, 0.717) is 5.69 Å². The molecule has 0 radical (unpaired) electrons. The molecule has 0 spiro atoms. The van der Waals surface area contributed by atoms with Gasteiger partial charge in [-0.05, 0) is 38.1 Å². The Morgan fingerprint density at radius 3 is 2.58 bits per heavy atom. The average Bonchev–Trinajstić information content (AvgIpc) is 3.36. The molecule has 4 rings (SSSR count). The summed E-state index contributed by atoms with van der Waals surface area (Å²) in [6.07, 6.45) is 2.53. The highest BCUT2D eigenvalue weighted by Gasteiger charge is 2.22. The first-order valence-electron chi connectivity index (χ1n) is 9.33. The van der Waals surface area contributed by atoms with E-state index in [9.17, 15) is 18.8 Å². The maximum Gasteiger partial charge on any atom is 0.360 e. The number of ether oxygens (including phenoxy) is 1. The predicted molar refractivity (Wildman–Crippen MR) is 107 cm³/mol. The summed E-state index contributed by atoms with van der Waals surface area (Å²) < 4.78 is 27.1. The number of oxazole rings is 1. The van der Waals surface area contributed by atoms with E-state index in [0.717, 1.165) is 10.8 Å². The molecule has 10 nitrogen and oxygen atoms in total. The molecule has 0 amide bonds. The highest BCUT2D eigenvalue weighted by molar-refractivity contribution is 5.86. The molecule has 0 aliphatic rings. The molecule has 0 aliphatic heterocycles. The molecular formula is C20H18FN5O5. The molecule has 4 aromatic rings. The number of nitrogens with zero attached hydrogens (tertiary/aromatic N) is 5. The largest absolute Gasteiger partial charge is 0.464 e. The first kappa shape index (κ1) is 20.3. The number of benzene rings is 1. The summed E-state index contributed by atoms with van der Waals surface area (Å²) in [5.74, 6) is -0.964.